The molecule has 0 fully saturated rings. The predicted molar refractivity (Wildman–Crippen MR) is 72.7 cm³/mol. The number of ketones is 1. The molecule has 0 saturated heterocycles. The molecule has 0 bridgehead atoms. The minimum absolute atomic E-state index is 0.0727. The van der Waals surface area contributed by atoms with Gasteiger partial charge in [0.15, 0.2) is 5.78 Å². The van der Waals surface area contributed by atoms with E-state index in [1.807, 2.05) is 37.3 Å². The van der Waals surface area contributed by atoms with Crippen LogP contribution in [-0.2, 0) is 0 Å². The monoisotopic (exact) mass is 238 g/mol. The summed E-state index contributed by atoms with van der Waals surface area (Å²) in [4.78, 5) is 11.8. The van der Waals surface area contributed by atoms with Crippen LogP contribution in [0.2, 0.25) is 0 Å². The molecule has 2 nitrogen and oxygen atoms in total. The number of hydrogen-bond acceptors (Lipinski definition) is 2. The normalized spacial score (nSPS) is 10.7. The van der Waals surface area contributed by atoms with E-state index in [0.29, 0.717) is 11.1 Å². The van der Waals surface area contributed by atoms with E-state index in [2.05, 4.69) is 0 Å². The minimum Gasteiger partial charge on any atom is -0.507 e. The van der Waals surface area contributed by atoms with E-state index in [1.54, 1.807) is 24.3 Å². The summed E-state index contributed by atoms with van der Waals surface area (Å²) in [6.45, 7) is 1.83. The number of rotatable bonds is 3. The van der Waals surface area contributed by atoms with Crippen LogP contribution in [-0.4, -0.2) is 10.9 Å². The topological polar surface area (TPSA) is 37.3 Å². The van der Waals surface area contributed by atoms with Gasteiger partial charge in [-0.3, -0.25) is 4.79 Å². The van der Waals surface area contributed by atoms with Crippen LogP contribution in [0.5, 0.6) is 5.75 Å². The van der Waals surface area contributed by atoms with Crippen molar-refractivity contribution in [3.05, 3.63) is 71.3 Å². The Morgan fingerprint density at radius 1 is 1.06 bits per heavy atom. The largest absolute Gasteiger partial charge is 0.507 e. The molecule has 0 radical (unpaired) electrons. The van der Waals surface area contributed by atoms with Gasteiger partial charge in [-0.05, 0) is 24.6 Å². The first-order valence-electron chi connectivity index (χ1n) is 5.74. The summed E-state index contributed by atoms with van der Waals surface area (Å²) < 4.78 is 0. The van der Waals surface area contributed by atoms with Gasteiger partial charge in [0, 0.05) is 11.1 Å². The van der Waals surface area contributed by atoms with Crippen molar-refractivity contribution in [1.82, 2.24) is 0 Å². The molecule has 0 spiro atoms. The molecule has 0 amide bonds. The lowest BCUT2D eigenvalue weighted by atomic mass is 10.1. The molecule has 2 rings (SSSR count). The zero-order chi connectivity index (χ0) is 13.0. The van der Waals surface area contributed by atoms with Crippen LogP contribution >= 0.6 is 0 Å². The third-order valence-corrected chi connectivity index (χ3v) is 2.74. The van der Waals surface area contributed by atoms with Crippen LogP contribution in [0.1, 0.15) is 21.5 Å². The highest BCUT2D eigenvalue weighted by Gasteiger charge is 2.02. The predicted octanol–water partition coefficient (Wildman–Crippen LogP) is 3.60. The number of carbonyl (C=O) groups is 1. The molecule has 90 valence electrons. The van der Waals surface area contributed by atoms with Crippen molar-refractivity contribution in [2.24, 2.45) is 0 Å². The number of aromatic hydroxyl groups is 1. The van der Waals surface area contributed by atoms with E-state index in [1.165, 1.54) is 6.08 Å². The molecule has 1 N–H and O–H groups in total. The maximum atomic E-state index is 11.8. The van der Waals surface area contributed by atoms with Crippen LogP contribution in [0.15, 0.2) is 54.6 Å². The van der Waals surface area contributed by atoms with E-state index in [-0.39, 0.29) is 11.5 Å². The van der Waals surface area contributed by atoms with Gasteiger partial charge in [-0.1, -0.05) is 48.5 Å². The molecular weight excluding hydrogens is 224 g/mol. The lowest BCUT2D eigenvalue weighted by molar-refractivity contribution is 0.104. The Bertz CT molecular complexity index is 583. The fraction of sp³-hybridized carbons (Fsp3) is 0.0625. The van der Waals surface area contributed by atoms with Crippen molar-refractivity contribution in [1.29, 1.82) is 0 Å². The van der Waals surface area contributed by atoms with E-state index >= 15 is 0 Å². The second-order valence-electron chi connectivity index (χ2n) is 4.08. The number of benzene rings is 2. The second-order valence-corrected chi connectivity index (χ2v) is 4.08. The summed E-state index contributed by atoms with van der Waals surface area (Å²) in [7, 11) is 0. The number of carbonyl (C=O) groups excluding carboxylic acids is 1. The number of allylic oxidation sites excluding steroid dienone is 1. The van der Waals surface area contributed by atoms with E-state index in [9.17, 15) is 9.90 Å². The molecule has 0 atom stereocenters. The van der Waals surface area contributed by atoms with Crippen molar-refractivity contribution in [2.45, 2.75) is 6.92 Å². The van der Waals surface area contributed by atoms with Crippen molar-refractivity contribution in [2.75, 3.05) is 0 Å². The lowest BCUT2D eigenvalue weighted by Crippen LogP contribution is -1.92. The first-order chi connectivity index (χ1) is 8.68. The number of phenols is 1. The summed E-state index contributed by atoms with van der Waals surface area (Å²) in [5.74, 6) is 0.145. The fourth-order valence-electron chi connectivity index (χ4n) is 1.68. The van der Waals surface area contributed by atoms with Gasteiger partial charge in [0.05, 0.1) is 0 Å². The highest BCUT2D eigenvalue weighted by atomic mass is 16.3. The third-order valence-electron chi connectivity index (χ3n) is 2.74. The van der Waals surface area contributed by atoms with Crippen LogP contribution in [0.4, 0.5) is 0 Å². The molecule has 2 heteroatoms. The second kappa shape index (κ2) is 5.32. The standard InChI is InChI=1S/C16H14O2/c1-12-6-5-9-14(16(12)18)10-11-15(17)13-7-3-2-4-8-13/h2-11,18H,1H3. The summed E-state index contributed by atoms with van der Waals surface area (Å²) in [5, 5.41) is 9.82. The summed E-state index contributed by atoms with van der Waals surface area (Å²) in [6.07, 6.45) is 3.11. The van der Waals surface area contributed by atoms with Crippen LogP contribution in [0.25, 0.3) is 6.08 Å². The molecular formula is C16H14O2. The Labute approximate surface area is 106 Å². The summed E-state index contributed by atoms with van der Waals surface area (Å²) >= 11 is 0. The number of phenolic OH excluding ortho intramolecular Hbond substituents is 1. The third kappa shape index (κ3) is 2.66. The van der Waals surface area contributed by atoms with Crippen molar-refractivity contribution in [3.63, 3.8) is 0 Å². The van der Waals surface area contributed by atoms with Gasteiger partial charge in [-0.25, -0.2) is 0 Å². The van der Waals surface area contributed by atoms with Gasteiger partial charge in [0.25, 0.3) is 0 Å². The maximum absolute atomic E-state index is 11.8. The van der Waals surface area contributed by atoms with Crippen LogP contribution in [0, 0.1) is 6.92 Å². The van der Waals surface area contributed by atoms with Crippen molar-refractivity contribution < 1.29 is 9.90 Å². The zero-order valence-electron chi connectivity index (χ0n) is 10.1. The molecule has 0 unspecified atom stereocenters. The summed E-state index contributed by atoms with van der Waals surface area (Å²) in [5.41, 5.74) is 2.09. The van der Waals surface area contributed by atoms with Gasteiger partial charge >= 0.3 is 0 Å². The van der Waals surface area contributed by atoms with Gasteiger partial charge in [-0.15, -0.1) is 0 Å². The Kier molecular flexibility index (Phi) is 3.58. The van der Waals surface area contributed by atoms with Crippen molar-refractivity contribution in [3.8, 4) is 5.75 Å². The quantitative estimate of drug-likeness (QED) is 0.655. The molecule has 0 aromatic heterocycles. The first-order valence-corrected chi connectivity index (χ1v) is 5.74. The summed E-state index contributed by atoms with van der Waals surface area (Å²) in [6, 6.07) is 14.5. The van der Waals surface area contributed by atoms with E-state index in [4.69, 9.17) is 0 Å². The molecule has 0 aliphatic carbocycles. The highest BCUT2D eigenvalue weighted by molar-refractivity contribution is 6.06. The van der Waals surface area contributed by atoms with Crippen LogP contribution in [0.3, 0.4) is 0 Å². The average molecular weight is 238 g/mol. The molecule has 0 heterocycles. The van der Waals surface area contributed by atoms with Gasteiger partial charge < -0.3 is 5.11 Å². The Balaban J connectivity index is 2.22. The Morgan fingerprint density at radius 3 is 2.50 bits per heavy atom. The Hall–Kier alpha value is -2.35. The average Bonchev–Trinajstić information content (AvgIpc) is 2.41. The minimum atomic E-state index is -0.0727. The number of hydrogen-bond donors (Lipinski definition) is 1. The van der Waals surface area contributed by atoms with Crippen LogP contribution < -0.4 is 0 Å². The van der Waals surface area contributed by atoms with Crippen molar-refractivity contribution >= 4 is 11.9 Å². The molecule has 18 heavy (non-hydrogen) atoms. The fourth-order valence-corrected chi connectivity index (χ4v) is 1.68. The number of para-hydroxylation sites is 1. The van der Waals surface area contributed by atoms with E-state index < -0.39 is 0 Å². The number of aryl methyl sites for hydroxylation is 1. The first kappa shape index (κ1) is 12.1. The maximum Gasteiger partial charge on any atom is 0.185 e. The SMILES string of the molecule is Cc1cccc(C=CC(=O)c2ccccc2)c1O. The molecule has 0 aliphatic heterocycles. The van der Waals surface area contributed by atoms with E-state index in [0.717, 1.165) is 5.56 Å². The smallest absolute Gasteiger partial charge is 0.185 e. The molecule has 0 aliphatic rings. The van der Waals surface area contributed by atoms with Gasteiger partial charge in [-0.2, -0.15) is 0 Å². The zero-order valence-corrected chi connectivity index (χ0v) is 10.1. The highest BCUT2D eigenvalue weighted by Crippen LogP contribution is 2.22. The lowest BCUT2D eigenvalue weighted by Gasteiger charge is -2.01. The van der Waals surface area contributed by atoms with Gasteiger partial charge in [0.2, 0.25) is 0 Å². The molecule has 0 saturated carbocycles. The molecule has 2 aromatic carbocycles. The Morgan fingerprint density at radius 2 is 1.78 bits per heavy atom. The van der Waals surface area contributed by atoms with Gasteiger partial charge in [0.1, 0.15) is 5.75 Å². The molecule has 2 aromatic rings.